The topological polar surface area (TPSA) is 163 Å². The molecule has 78 heavy (non-hydrogen) atoms. The second kappa shape index (κ2) is 25.4. The van der Waals surface area contributed by atoms with Crippen molar-refractivity contribution in [1.82, 2.24) is 5.32 Å². The van der Waals surface area contributed by atoms with Gasteiger partial charge in [-0.2, -0.15) is 0 Å². The second-order valence-electron chi connectivity index (χ2n) is 25.7. The molecule has 9 rings (SSSR count). The molecule has 6 fully saturated rings. The third-order valence-corrected chi connectivity index (χ3v) is 19.4. The number of carbonyl (C=O) groups is 4. The van der Waals surface area contributed by atoms with Crippen LogP contribution in [0.5, 0.6) is 0 Å². The molecule has 0 aromatic heterocycles. The van der Waals surface area contributed by atoms with Crippen molar-refractivity contribution < 1.29 is 61.8 Å². The zero-order valence-electron chi connectivity index (χ0n) is 48.0. The number of hydrogen-bond donors (Lipinski definition) is 1. The van der Waals surface area contributed by atoms with Crippen LogP contribution in [0.2, 0.25) is 0 Å². The summed E-state index contributed by atoms with van der Waals surface area (Å²) < 4.78 is 54.7. The predicted molar refractivity (Wildman–Crippen MR) is 293 cm³/mol. The van der Waals surface area contributed by atoms with E-state index in [0.717, 1.165) is 60.5 Å². The zero-order chi connectivity index (χ0) is 55.2. The van der Waals surface area contributed by atoms with Gasteiger partial charge in [0, 0.05) is 31.4 Å². The van der Waals surface area contributed by atoms with E-state index in [4.69, 9.17) is 42.6 Å². The molecule has 2 aromatic carbocycles. The van der Waals surface area contributed by atoms with Crippen molar-refractivity contribution in [3.63, 3.8) is 0 Å². The molecule has 1 amide bonds. The van der Waals surface area contributed by atoms with Crippen LogP contribution in [0.25, 0.3) is 0 Å². The Labute approximate surface area is 464 Å². The van der Waals surface area contributed by atoms with Crippen LogP contribution < -0.4 is 5.32 Å². The van der Waals surface area contributed by atoms with Gasteiger partial charge >= 0.3 is 11.9 Å². The first-order valence-corrected chi connectivity index (χ1v) is 29.8. The van der Waals surface area contributed by atoms with Crippen molar-refractivity contribution in [1.29, 1.82) is 0 Å². The molecule has 3 saturated carbocycles. The van der Waals surface area contributed by atoms with Gasteiger partial charge in [-0.1, -0.05) is 133 Å². The van der Waals surface area contributed by atoms with Gasteiger partial charge in [0.2, 0.25) is 5.91 Å². The number of Topliss-reactive ketones (excluding diaryl/α,β-unsaturated/α-hetero) is 1. The Balaban J connectivity index is 0.717. The quantitative estimate of drug-likeness (QED) is 0.0568. The molecule has 430 valence electrons. The lowest BCUT2D eigenvalue weighted by molar-refractivity contribution is -0.315. The van der Waals surface area contributed by atoms with Crippen LogP contribution in [-0.4, -0.2) is 98.7 Å². The molecule has 0 radical (unpaired) electrons. The number of rotatable bonds is 25. The predicted octanol–water partition coefficient (Wildman–Crippen LogP) is 11.5. The lowest BCUT2D eigenvalue weighted by Gasteiger charge is -2.63. The number of allylic oxidation sites excluding steroid dienone is 1. The van der Waals surface area contributed by atoms with Gasteiger partial charge < -0.3 is 47.9 Å². The van der Waals surface area contributed by atoms with Gasteiger partial charge in [-0.25, -0.2) is 0 Å². The summed E-state index contributed by atoms with van der Waals surface area (Å²) in [6, 6.07) is 17.8. The summed E-state index contributed by atoms with van der Waals surface area (Å²) in [6.07, 6.45) is 12.0. The zero-order valence-corrected chi connectivity index (χ0v) is 48.0. The monoisotopic (exact) mass is 1080 g/mol. The minimum atomic E-state index is -1.13. The van der Waals surface area contributed by atoms with Crippen molar-refractivity contribution >= 4 is 23.6 Å². The number of ketones is 1. The Bertz CT molecular complexity index is 2380. The number of amides is 1. The van der Waals surface area contributed by atoms with E-state index in [1.54, 1.807) is 0 Å². The first kappa shape index (κ1) is 58.6. The van der Waals surface area contributed by atoms with E-state index < -0.39 is 66.7 Å². The summed E-state index contributed by atoms with van der Waals surface area (Å²) in [5.74, 6) is 1.02. The first-order valence-electron chi connectivity index (χ1n) is 29.8. The molecular formula is C64H91NO13. The van der Waals surface area contributed by atoms with Crippen molar-refractivity contribution in [3.8, 4) is 0 Å². The SMILES string of the molecule is CC(C)CCC[C@H](C)[C@H]1CC[C@@H]2[C@]1(C)CC[C@H]1[C@@]2(C)CC=C2CC(OC(=O)CCC(=O)NC(CC(=O)OCc3ccccc3)C(=O)CCCOCCOCC3OC(c4ccccc4)O[C@H]4C5OC(C)(C)O[C@H]5O[C@H]34)CC[C@@]21C. The minimum absolute atomic E-state index is 0.0384. The number of ether oxygens (including phenoxy) is 9. The average molecular weight is 1080 g/mol. The molecule has 3 aliphatic heterocycles. The Morgan fingerprint density at radius 2 is 1.46 bits per heavy atom. The van der Waals surface area contributed by atoms with Crippen molar-refractivity contribution in [2.24, 2.45) is 45.8 Å². The lowest BCUT2D eigenvalue weighted by Crippen LogP contribution is -2.56. The van der Waals surface area contributed by atoms with E-state index in [0.29, 0.717) is 17.8 Å². The van der Waals surface area contributed by atoms with Gasteiger partial charge in [-0.3, -0.25) is 19.2 Å². The first-order chi connectivity index (χ1) is 37.3. The fraction of sp³-hybridized carbons (Fsp3) is 0.719. The summed E-state index contributed by atoms with van der Waals surface area (Å²) in [5.41, 5.74) is 3.89. The van der Waals surface area contributed by atoms with Gasteiger partial charge in [0.15, 0.2) is 24.2 Å². The molecule has 0 spiro atoms. The van der Waals surface area contributed by atoms with Crippen LogP contribution in [0.1, 0.15) is 176 Å². The van der Waals surface area contributed by atoms with Crippen molar-refractivity contribution in [2.75, 3.05) is 26.4 Å². The van der Waals surface area contributed by atoms with Crippen LogP contribution in [0, 0.1) is 45.8 Å². The fourth-order valence-electron chi connectivity index (χ4n) is 15.6. The van der Waals surface area contributed by atoms with E-state index >= 15 is 0 Å². The van der Waals surface area contributed by atoms with E-state index in [1.807, 2.05) is 74.5 Å². The second-order valence-corrected chi connectivity index (χ2v) is 25.7. The number of benzene rings is 2. The summed E-state index contributed by atoms with van der Waals surface area (Å²) >= 11 is 0. The normalized spacial score (nSPS) is 34.3. The van der Waals surface area contributed by atoms with E-state index in [2.05, 4.69) is 52.9 Å². The van der Waals surface area contributed by atoms with Crippen LogP contribution in [0.15, 0.2) is 72.3 Å². The molecule has 2 aromatic rings. The number of esters is 2. The molecule has 14 heteroatoms. The van der Waals surface area contributed by atoms with Gasteiger partial charge in [0.25, 0.3) is 0 Å². The third kappa shape index (κ3) is 13.5. The maximum Gasteiger partial charge on any atom is 0.308 e. The number of hydrogen-bond acceptors (Lipinski definition) is 13. The number of fused-ring (bicyclic) bond motifs is 8. The van der Waals surface area contributed by atoms with Crippen molar-refractivity contribution in [2.45, 2.75) is 220 Å². The highest BCUT2D eigenvalue weighted by Crippen LogP contribution is 2.72. The number of carbonyl (C=O) groups excluding carboxylic acids is 4. The molecule has 3 heterocycles. The van der Waals surface area contributed by atoms with Crippen molar-refractivity contribution in [3.05, 3.63) is 83.4 Å². The van der Waals surface area contributed by atoms with Gasteiger partial charge in [-0.15, -0.1) is 0 Å². The van der Waals surface area contributed by atoms with E-state index in [1.165, 1.54) is 50.5 Å². The van der Waals surface area contributed by atoms with E-state index in [9.17, 15) is 19.2 Å². The molecule has 7 aliphatic rings. The molecule has 0 bridgehead atoms. The molecular weight excluding hydrogens is 991 g/mol. The maximum atomic E-state index is 13.7. The molecule has 5 unspecified atom stereocenters. The third-order valence-electron chi connectivity index (χ3n) is 19.4. The fourth-order valence-corrected chi connectivity index (χ4v) is 15.6. The van der Waals surface area contributed by atoms with Gasteiger partial charge in [0.05, 0.1) is 38.7 Å². The van der Waals surface area contributed by atoms with Crippen LogP contribution in [-0.2, 0) is 68.4 Å². The summed E-state index contributed by atoms with van der Waals surface area (Å²) in [6.45, 7) is 19.7. The van der Waals surface area contributed by atoms with Gasteiger partial charge in [0.1, 0.15) is 37.1 Å². The highest BCUT2D eigenvalue weighted by atomic mass is 16.9. The summed E-state index contributed by atoms with van der Waals surface area (Å²) in [4.78, 5) is 53.6. The highest BCUT2D eigenvalue weighted by Gasteiger charge is 2.64. The molecule has 3 saturated heterocycles. The van der Waals surface area contributed by atoms with Crippen LogP contribution in [0.3, 0.4) is 0 Å². The Hall–Kier alpha value is -4.02. The average Bonchev–Trinajstić information content (AvgIpc) is 3.59. The minimum Gasteiger partial charge on any atom is -0.462 e. The van der Waals surface area contributed by atoms with Gasteiger partial charge in [-0.05, 0) is 117 Å². The number of nitrogens with one attached hydrogen (secondary N) is 1. The molecule has 15 atom stereocenters. The molecule has 1 N–H and O–H groups in total. The van der Waals surface area contributed by atoms with E-state index in [-0.39, 0.29) is 81.4 Å². The smallest absolute Gasteiger partial charge is 0.308 e. The lowest BCUT2D eigenvalue weighted by atomic mass is 9.41. The Morgan fingerprint density at radius 3 is 2.23 bits per heavy atom. The molecule has 4 aliphatic carbocycles. The standard InChI is InChI=1S/C64H91NO13/c1-41(2)17-15-18-42(3)47-24-25-51-63(47,7)33-30-52-62(6)32-29-46(37-45(62)28-31-64(51,52)8)73-54(68)27-26-53(67)65-48(38-55(69)72-39-43-19-11-9-12-20-43)49(66)23-16-34-70-35-36-71-40-50-56-57(58-60(75-56)78-61(4,5)77-58)76-59(74-50)44-21-13-10-14-22-44/h9-14,19-22,28,41-42,46-48,50-52,56-60H,15-18,23-27,29-40H2,1-8H3,(H,65,67)/t42-,46?,47+,48?,50?,51+,52+,56+,57+,58?,59?,60+,62-,63+,64-/m0/s1. The Kier molecular flexibility index (Phi) is 19.1. The Morgan fingerprint density at radius 1 is 0.705 bits per heavy atom. The summed E-state index contributed by atoms with van der Waals surface area (Å²) in [7, 11) is 0. The van der Waals surface area contributed by atoms with Crippen LogP contribution in [0.4, 0.5) is 0 Å². The maximum absolute atomic E-state index is 13.7. The molecule has 14 nitrogen and oxygen atoms in total. The largest absolute Gasteiger partial charge is 0.462 e. The van der Waals surface area contributed by atoms with Crippen LogP contribution >= 0.6 is 0 Å². The highest BCUT2D eigenvalue weighted by molar-refractivity contribution is 5.92. The summed E-state index contributed by atoms with van der Waals surface area (Å²) in [5, 5.41) is 2.75.